The Morgan fingerprint density at radius 1 is 0.964 bits per heavy atom. The van der Waals surface area contributed by atoms with Crippen LogP contribution in [0.25, 0.3) is 0 Å². The van der Waals surface area contributed by atoms with Crippen LogP contribution in [0, 0.1) is 12.7 Å². The lowest BCUT2D eigenvalue weighted by molar-refractivity contribution is 0.613. The maximum absolute atomic E-state index is 13.8. The predicted molar refractivity (Wildman–Crippen MR) is 112 cm³/mol. The summed E-state index contributed by atoms with van der Waals surface area (Å²) in [6, 6.07) is 17.0. The van der Waals surface area contributed by atoms with E-state index in [2.05, 4.69) is 49.8 Å². The monoisotopic (exact) mass is 377 g/mol. The largest absolute Gasteiger partial charge is 0.372 e. The van der Waals surface area contributed by atoms with E-state index in [1.54, 1.807) is 12.1 Å². The number of halogens is 1. The second kappa shape index (κ2) is 8.25. The molecule has 1 aromatic heterocycles. The van der Waals surface area contributed by atoms with Crippen LogP contribution in [0.2, 0.25) is 0 Å². The van der Waals surface area contributed by atoms with E-state index >= 15 is 0 Å². The van der Waals surface area contributed by atoms with Crippen LogP contribution >= 0.6 is 0 Å². The first-order valence-corrected chi connectivity index (χ1v) is 9.62. The maximum atomic E-state index is 13.8. The van der Waals surface area contributed by atoms with Gasteiger partial charge in [0.25, 0.3) is 0 Å². The van der Waals surface area contributed by atoms with E-state index in [1.807, 2.05) is 19.1 Å². The first kappa shape index (κ1) is 18.2. The first-order valence-electron chi connectivity index (χ1n) is 9.62. The van der Waals surface area contributed by atoms with Crippen molar-refractivity contribution in [2.24, 2.45) is 0 Å². The molecule has 0 unspecified atom stereocenters. The fourth-order valence-electron chi connectivity index (χ4n) is 3.43. The Hall–Kier alpha value is -3.15. The molecule has 4 rings (SSSR count). The van der Waals surface area contributed by atoms with Gasteiger partial charge < -0.3 is 15.5 Å². The highest BCUT2D eigenvalue weighted by molar-refractivity contribution is 5.62. The molecule has 1 fully saturated rings. The Labute approximate surface area is 164 Å². The summed E-state index contributed by atoms with van der Waals surface area (Å²) in [5.41, 5.74) is 2.83. The second-order valence-corrected chi connectivity index (χ2v) is 7.00. The van der Waals surface area contributed by atoms with Crippen molar-refractivity contribution in [1.82, 2.24) is 9.97 Å². The van der Waals surface area contributed by atoms with Gasteiger partial charge in [0.2, 0.25) is 0 Å². The smallest absolute Gasteiger partial charge is 0.136 e. The lowest BCUT2D eigenvalue weighted by Gasteiger charge is -2.18. The van der Waals surface area contributed by atoms with Crippen LogP contribution in [-0.2, 0) is 6.54 Å². The molecule has 2 heterocycles. The minimum atomic E-state index is -0.225. The van der Waals surface area contributed by atoms with Gasteiger partial charge in [-0.15, -0.1) is 0 Å². The van der Waals surface area contributed by atoms with Gasteiger partial charge in [0.05, 0.1) is 0 Å². The Morgan fingerprint density at radius 3 is 2.43 bits per heavy atom. The molecule has 0 spiro atoms. The van der Waals surface area contributed by atoms with Crippen LogP contribution in [0.15, 0.2) is 54.6 Å². The molecule has 0 atom stereocenters. The lowest BCUT2D eigenvalue weighted by atomic mass is 10.2. The molecule has 5 nitrogen and oxygen atoms in total. The molecule has 2 N–H and O–H groups in total. The van der Waals surface area contributed by atoms with E-state index in [4.69, 9.17) is 0 Å². The van der Waals surface area contributed by atoms with Gasteiger partial charge in [-0.05, 0) is 50.1 Å². The molecule has 0 aliphatic carbocycles. The van der Waals surface area contributed by atoms with Gasteiger partial charge in [0.15, 0.2) is 0 Å². The van der Waals surface area contributed by atoms with E-state index in [0.29, 0.717) is 29.6 Å². The van der Waals surface area contributed by atoms with Gasteiger partial charge in [0.1, 0.15) is 23.3 Å². The zero-order valence-electron chi connectivity index (χ0n) is 16.0. The third-order valence-corrected chi connectivity index (χ3v) is 4.87. The van der Waals surface area contributed by atoms with Crippen LogP contribution in [-0.4, -0.2) is 23.1 Å². The zero-order valence-corrected chi connectivity index (χ0v) is 16.0. The van der Waals surface area contributed by atoms with Gasteiger partial charge in [-0.1, -0.05) is 18.2 Å². The fourth-order valence-corrected chi connectivity index (χ4v) is 3.43. The molecule has 0 amide bonds. The minimum absolute atomic E-state index is 0.225. The molecule has 0 bridgehead atoms. The Kier molecular flexibility index (Phi) is 5.37. The highest BCUT2D eigenvalue weighted by Crippen LogP contribution is 2.24. The molecule has 0 saturated carbocycles. The number of hydrogen-bond donors (Lipinski definition) is 2. The van der Waals surface area contributed by atoms with Crippen LogP contribution < -0.4 is 15.5 Å². The zero-order chi connectivity index (χ0) is 19.3. The topological polar surface area (TPSA) is 53.1 Å². The first-order chi connectivity index (χ1) is 13.7. The van der Waals surface area contributed by atoms with Crippen molar-refractivity contribution < 1.29 is 4.39 Å². The van der Waals surface area contributed by atoms with Gasteiger partial charge in [-0.3, -0.25) is 0 Å². The molecule has 28 heavy (non-hydrogen) atoms. The normalized spacial score (nSPS) is 13.6. The molecule has 1 saturated heterocycles. The summed E-state index contributed by atoms with van der Waals surface area (Å²) < 4.78 is 13.8. The summed E-state index contributed by atoms with van der Waals surface area (Å²) in [5, 5.41) is 6.51. The molecular formula is C22H24FN5. The van der Waals surface area contributed by atoms with Crippen molar-refractivity contribution in [2.75, 3.05) is 28.6 Å². The van der Waals surface area contributed by atoms with Crippen LogP contribution in [0.4, 0.5) is 27.4 Å². The highest BCUT2D eigenvalue weighted by Gasteiger charge is 2.12. The SMILES string of the molecule is Cc1nc(NCc2ccccc2F)cc(Nc2ccc(N3CCCC3)cc2)n1. The molecule has 0 radical (unpaired) electrons. The third kappa shape index (κ3) is 4.39. The van der Waals surface area contributed by atoms with Crippen molar-refractivity contribution in [3.63, 3.8) is 0 Å². The van der Waals surface area contributed by atoms with Crippen LogP contribution in [0.1, 0.15) is 24.2 Å². The number of anilines is 4. The molecule has 3 aromatic rings. The minimum Gasteiger partial charge on any atom is -0.372 e. The van der Waals surface area contributed by atoms with Crippen molar-refractivity contribution in [1.29, 1.82) is 0 Å². The molecule has 1 aliphatic rings. The number of hydrogen-bond acceptors (Lipinski definition) is 5. The van der Waals surface area contributed by atoms with Gasteiger partial charge >= 0.3 is 0 Å². The summed E-state index contributed by atoms with van der Waals surface area (Å²) in [7, 11) is 0. The van der Waals surface area contributed by atoms with Gasteiger partial charge in [-0.2, -0.15) is 0 Å². The second-order valence-electron chi connectivity index (χ2n) is 7.00. The van der Waals surface area contributed by atoms with Crippen LogP contribution in [0.5, 0.6) is 0 Å². The van der Waals surface area contributed by atoms with E-state index in [0.717, 1.165) is 18.8 Å². The number of aryl methyl sites for hydroxylation is 1. The highest BCUT2D eigenvalue weighted by atomic mass is 19.1. The summed E-state index contributed by atoms with van der Waals surface area (Å²) in [4.78, 5) is 11.3. The molecule has 6 heteroatoms. The summed E-state index contributed by atoms with van der Waals surface area (Å²) in [5.74, 6) is 1.79. The quantitative estimate of drug-likeness (QED) is 0.641. The number of aromatic nitrogens is 2. The van der Waals surface area contributed by atoms with E-state index in [9.17, 15) is 4.39 Å². The number of nitrogens with one attached hydrogen (secondary N) is 2. The number of benzene rings is 2. The Bertz CT molecular complexity index is 936. The summed E-state index contributed by atoms with van der Waals surface area (Å²) >= 11 is 0. The predicted octanol–water partition coefficient (Wildman–Crippen LogP) is 4.88. The van der Waals surface area contributed by atoms with Crippen molar-refractivity contribution in [3.05, 3.63) is 71.8 Å². The number of nitrogens with zero attached hydrogens (tertiary/aromatic N) is 3. The third-order valence-electron chi connectivity index (χ3n) is 4.87. The van der Waals surface area contributed by atoms with Crippen LogP contribution in [0.3, 0.4) is 0 Å². The van der Waals surface area contributed by atoms with E-state index < -0.39 is 0 Å². The average molecular weight is 377 g/mol. The average Bonchev–Trinajstić information content (AvgIpc) is 3.22. The van der Waals surface area contributed by atoms with Crippen molar-refractivity contribution in [2.45, 2.75) is 26.3 Å². The molecule has 1 aliphatic heterocycles. The Balaban J connectivity index is 1.44. The summed E-state index contributed by atoms with van der Waals surface area (Å²) in [6.07, 6.45) is 2.53. The number of rotatable bonds is 6. The lowest BCUT2D eigenvalue weighted by Crippen LogP contribution is -2.17. The van der Waals surface area contributed by atoms with E-state index in [1.165, 1.54) is 24.6 Å². The van der Waals surface area contributed by atoms with Gasteiger partial charge in [-0.25, -0.2) is 14.4 Å². The summed E-state index contributed by atoms with van der Waals surface area (Å²) in [6.45, 7) is 4.48. The van der Waals surface area contributed by atoms with Gasteiger partial charge in [0, 0.05) is 42.6 Å². The standard InChI is InChI=1S/C22H24FN5/c1-16-25-21(24-15-17-6-2-3-7-20(17)23)14-22(26-16)27-18-8-10-19(11-9-18)28-12-4-5-13-28/h2-3,6-11,14H,4-5,12-13,15H2,1H3,(H2,24,25,26,27). The maximum Gasteiger partial charge on any atom is 0.136 e. The van der Waals surface area contributed by atoms with Crippen molar-refractivity contribution in [3.8, 4) is 0 Å². The molecule has 2 aromatic carbocycles. The molecular weight excluding hydrogens is 353 g/mol. The van der Waals surface area contributed by atoms with E-state index in [-0.39, 0.29) is 5.82 Å². The fraction of sp³-hybridized carbons (Fsp3) is 0.273. The molecule has 144 valence electrons. The van der Waals surface area contributed by atoms with Crippen molar-refractivity contribution >= 4 is 23.0 Å². The Morgan fingerprint density at radius 2 is 1.68 bits per heavy atom.